The molecule has 0 aliphatic rings. The molecule has 19 heavy (non-hydrogen) atoms. The minimum atomic E-state index is -0.656. The van der Waals surface area contributed by atoms with Gasteiger partial charge in [-0.15, -0.1) is 0 Å². The van der Waals surface area contributed by atoms with Gasteiger partial charge in [-0.1, -0.05) is 6.92 Å². The molecule has 0 fully saturated rings. The quantitative estimate of drug-likeness (QED) is 0.678. The lowest BCUT2D eigenvalue weighted by atomic mass is 10.2. The summed E-state index contributed by atoms with van der Waals surface area (Å²) in [5, 5.41) is 14.5. The number of furan rings is 1. The summed E-state index contributed by atoms with van der Waals surface area (Å²) in [7, 11) is 0. The zero-order valence-electron chi connectivity index (χ0n) is 11.2. The lowest BCUT2D eigenvalue weighted by Crippen LogP contribution is -2.45. The Morgan fingerprint density at radius 1 is 1.47 bits per heavy atom. The molecular formula is C13H20N2O4. The summed E-state index contributed by atoms with van der Waals surface area (Å²) in [4.78, 5) is 23.3. The summed E-state index contributed by atoms with van der Waals surface area (Å²) >= 11 is 0. The van der Waals surface area contributed by atoms with E-state index in [1.165, 1.54) is 12.3 Å². The zero-order valence-corrected chi connectivity index (χ0v) is 11.2. The average molecular weight is 268 g/mol. The maximum absolute atomic E-state index is 11.7. The van der Waals surface area contributed by atoms with Crippen LogP contribution in [0.15, 0.2) is 22.8 Å². The molecule has 0 saturated heterocycles. The van der Waals surface area contributed by atoms with E-state index in [0.29, 0.717) is 19.4 Å². The molecule has 106 valence electrons. The van der Waals surface area contributed by atoms with Gasteiger partial charge in [0.15, 0.2) is 5.76 Å². The Bertz CT molecular complexity index is 403. The van der Waals surface area contributed by atoms with Gasteiger partial charge in [0, 0.05) is 6.54 Å². The van der Waals surface area contributed by atoms with Gasteiger partial charge in [0.2, 0.25) is 5.91 Å². The maximum Gasteiger partial charge on any atom is 0.287 e. The van der Waals surface area contributed by atoms with Crippen LogP contribution >= 0.6 is 0 Å². The highest BCUT2D eigenvalue weighted by Crippen LogP contribution is 2.00. The van der Waals surface area contributed by atoms with E-state index in [1.807, 2.05) is 6.92 Å². The van der Waals surface area contributed by atoms with Gasteiger partial charge in [0.05, 0.1) is 12.4 Å². The lowest BCUT2D eigenvalue weighted by molar-refractivity contribution is -0.122. The van der Waals surface area contributed by atoms with Crippen LogP contribution in [0.25, 0.3) is 0 Å². The molecule has 1 rings (SSSR count). The number of aliphatic hydroxyl groups is 1. The van der Waals surface area contributed by atoms with Crippen molar-refractivity contribution >= 4 is 11.8 Å². The molecular weight excluding hydrogens is 248 g/mol. The number of carbonyl (C=O) groups is 2. The number of carbonyl (C=O) groups excluding carboxylic acids is 2. The minimum Gasteiger partial charge on any atom is -0.459 e. The van der Waals surface area contributed by atoms with Crippen molar-refractivity contribution in [3.63, 3.8) is 0 Å². The Morgan fingerprint density at radius 3 is 2.79 bits per heavy atom. The van der Waals surface area contributed by atoms with E-state index < -0.39 is 18.1 Å². The Labute approximate surface area is 112 Å². The first kappa shape index (κ1) is 15.2. The number of hydrogen-bond acceptors (Lipinski definition) is 4. The second-order valence-electron chi connectivity index (χ2n) is 4.31. The number of rotatable bonds is 7. The lowest BCUT2D eigenvalue weighted by Gasteiger charge is -2.14. The summed E-state index contributed by atoms with van der Waals surface area (Å²) in [6.07, 6.45) is 2.14. The molecule has 1 aromatic heterocycles. The van der Waals surface area contributed by atoms with Crippen LogP contribution in [-0.2, 0) is 4.79 Å². The predicted molar refractivity (Wildman–Crippen MR) is 69.6 cm³/mol. The number of amides is 2. The van der Waals surface area contributed by atoms with Crippen LogP contribution < -0.4 is 10.6 Å². The molecule has 0 aliphatic heterocycles. The predicted octanol–water partition coefficient (Wildman–Crippen LogP) is 0.675. The van der Waals surface area contributed by atoms with Crippen molar-refractivity contribution in [2.24, 2.45) is 0 Å². The van der Waals surface area contributed by atoms with Crippen molar-refractivity contribution in [3.05, 3.63) is 24.2 Å². The van der Waals surface area contributed by atoms with Gasteiger partial charge < -0.3 is 20.2 Å². The van der Waals surface area contributed by atoms with Crippen LogP contribution in [0, 0.1) is 0 Å². The molecule has 0 bridgehead atoms. The topological polar surface area (TPSA) is 91.6 Å². The third-order valence-electron chi connectivity index (χ3n) is 2.73. The summed E-state index contributed by atoms with van der Waals surface area (Å²) in [5.41, 5.74) is 0. The van der Waals surface area contributed by atoms with Crippen LogP contribution in [-0.4, -0.2) is 35.6 Å². The van der Waals surface area contributed by atoms with Gasteiger partial charge in [-0.3, -0.25) is 9.59 Å². The molecule has 1 aromatic rings. The van der Waals surface area contributed by atoms with E-state index in [4.69, 9.17) is 4.42 Å². The molecule has 0 aromatic carbocycles. The minimum absolute atomic E-state index is 0.168. The molecule has 0 spiro atoms. The van der Waals surface area contributed by atoms with Gasteiger partial charge in [-0.25, -0.2) is 0 Å². The third kappa shape index (κ3) is 5.13. The maximum atomic E-state index is 11.7. The van der Waals surface area contributed by atoms with E-state index in [-0.39, 0.29) is 11.7 Å². The Balaban J connectivity index is 2.30. The van der Waals surface area contributed by atoms with Crippen LogP contribution in [0.5, 0.6) is 0 Å². The van der Waals surface area contributed by atoms with Gasteiger partial charge in [-0.2, -0.15) is 0 Å². The molecule has 0 aliphatic carbocycles. The van der Waals surface area contributed by atoms with Crippen molar-refractivity contribution in [2.45, 2.75) is 38.8 Å². The highest BCUT2D eigenvalue weighted by atomic mass is 16.3. The summed E-state index contributed by atoms with van der Waals surface area (Å²) in [5.74, 6) is -0.550. The van der Waals surface area contributed by atoms with E-state index in [0.717, 1.165) is 0 Å². The molecule has 0 radical (unpaired) electrons. The van der Waals surface area contributed by atoms with Crippen LogP contribution in [0.1, 0.15) is 37.2 Å². The second kappa shape index (κ2) is 7.58. The van der Waals surface area contributed by atoms with E-state index in [2.05, 4.69) is 10.6 Å². The SMILES string of the molecule is CCC(O)CCNC(=O)C(C)NC(=O)c1ccco1. The van der Waals surface area contributed by atoms with Crippen molar-refractivity contribution < 1.29 is 19.1 Å². The fourth-order valence-electron chi connectivity index (χ4n) is 1.46. The highest BCUT2D eigenvalue weighted by molar-refractivity contribution is 5.95. The highest BCUT2D eigenvalue weighted by Gasteiger charge is 2.17. The van der Waals surface area contributed by atoms with Crippen molar-refractivity contribution in [1.29, 1.82) is 0 Å². The van der Waals surface area contributed by atoms with Crippen molar-refractivity contribution in [1.82, 2.24) is 10.6 Å². The fraction of sp³-hybridized carbons (Fsp3) is 0.538. The normalized spacial score (nSPS) is 13.6. The van der Waals surface area contributed by atoms with Gasteiger partial charge in [-0.05, 0) is 31.9 Å². The Morgan fingerprint density at radius 2 is 2.21 bits per heavy atom. The van der Waals surface area contributed by atoms with Crippen LogP contribution in [0.3, 0.4) is 0 Å². The molecule has 3 N–H and O–H groups in total. The van der Waals surface area contributed by atoms with E-state index in [1.54, 1.807) is 13.0 Å². The first-order valence-corrected chi connectivity index (χ1v) is 6.34. The number of nitrogens with one attached hydrogen (secondary N) is 2. The monoisotopic (exact) mass is 268 g/mol. The zero-order chi connectivity index (χ0) is 14.3. The Kier molecular flexibility index (Phi) is 6.08. The van der Waals surface area contributed by atoms with Gasteiger partial charge in [0.25, 0.3) is 5.91 Å². The molecule has 2 amide bonds. The smallest absolute Gasteiger partial charge is 0.287 e. The number of hydrogen-bond donors (Lipinski definition) is 3. The fourth-order valence-corrected chi connectivity index (χ4v) is 1.46. The summed E-state index contributed by atoms with van der Waals surface area (Å²) in [6.45, 7) is 3.85. The first-order valence-electron chi connectivity index (χ1n) is 6.34. The van der Waals surface area contributed by atoms with Crippen LogP contribution in [0.4, 0.5) is 0 Å². The van der Waals surface area contributed by atoms with E-state index in [9.17, 15) is 14.7 Å². The van der Waals surface area contributed by atoms with Gasteiger partial charge >= 0.3 is 0 Å². The molecule has 1 heterocycles. The molecule has 0 saturated carbocycles. The largest absolute Gasteiger partial charge is 0.459 e. The standard InChI is InChI=1S/C13H20N2O4/c1-3-10(16)6-7-14-12(17)9(2)15-13(18)11-5-4-8-19-11/h4-5,8-10,16H,3,6-7H2,1-2H3,(H,14,17)(H,15,18). The van der Waals surface area contributed by atoms with E-state index >= 15 is 0 Å². The molecule has 2 unspecified atom stereocenters. The first-order chi connectivity index (χ1) is 9.04. The summed E-state index contributed by atoms with van der Waals surface area (Å²) in [6, 6.07) is 2.47. The molecule has 6 heteroatoms. The number of aliphatic hydroxyl groups excluding tert-OH is 1. The van der Waals surface area contributed by atoms with Crippen molar-refractivity contribution in [2.75, 3.05) is 6.54 Å². The summed E-state index contributed by atoms with van der Waals surface area (Å²) < 4.78 is 4.93. The average Bonchev–Trinajstić information content (AvgIpc) is 2.92. The molecule has 2 atom stereocenters. The van der Waals surface area contributed by atoms with Crippen LogP contribution in [0.2, 0.25) is 0 Å². The molecule has 6 nitrogen and oxygen atoms in total. The second-order valence-corrected chi connectivity index (χ2v) is 4.31. The van der Waals surface area contributed by atoms with Crippen molar-refractivity contribution in [3.8, 4) is 0 Å². The van der Waals surface area contributed by atoms with Gasteiger partial charge in [0.1, 0.15) is 6.04 Å². The Hall–Kier alpha value is -1.82. The third-order valence-corrected chi connectivity index (χ3v) is 2.73.